The Morgan fingerprint density at radius 3 is 2.41 bits per heavy atom. The van der Waals surface area contributed by atoms with Gasteiger partial charge in [0.05, 0.1) is 5.92 Å². The van der Waals surface area contributed by atoms with Gasteiger partial charge in [0.25, 0.3) is 0 Å². The van der Waals surface area contributed by atoms with Crippen molar-refractivity contribution in [3.8, 4) is 0 Å². The minimum Gasteiger partial charge on any atom is -0.481 e. The van der Waals surface area contributed by atoms with Gasteiger partial charge in [0.2, 0.25) is 0 Å². The number of aliphatic carboxylic acids is 1. The summed E-state index contributed by atoms with van der Waals surface area (Å²) < 4.78 is 0. The van der Waals surface area contributed by atoms with Crippen LogP contribution in [0.2, 0.25) is 0 Å². The smallest absolute Gasteiger partial charge is 0.306 e. The third-order valence-electron chi connectivity index (χ3n) is 4.73. The number of carbonyl (C=O) groups is 1. The lowest BCUT2D eigenvalue weighted by molar-refractivity contribution is -0.143. The predicted octanol–water partition coefficient (Wildman–Crippen LogP) is 2.66. The van der Waals surface area contributed by atoms with Crippen LogP contribution in [0.1, 0.15) is 51.9 Å². The molecular weight excluding hydrogens is 214 g/mol. The van der Waals surface area contributed by atoms with E-state index in [0.717, 1.165) is 38.1 Å². The minimum absolute atomic E-state index is 0.0725. The van der Waals surface area contributed by atoms with Crippen molar-refractivity contribution in [2.75, 3.05) is 6.54 Å². The molecule has 2 rings (SSSR count). The number of hydrogen-bond acceptors (Lipinski definition) is 2. The van der Waals surface area contributed by atoms with Gasteiger partial charge >= 0.3 is 5.97 Å². The molecule has 3 nitrogen and oxygen atoms in total. The average Bonchev–Trinajstić information content (AvgIpc) is 2.73. The maximum atomic E-state index is 10.9. The van der Waals surface area contributed by atoms with Crippen molar-refractivity contribution in [2.45, 2.75) is 57.9 Å². The molecule has 2 aliphatic carbocycles. The highest BCUT2D eigenvalue weighted by Gasteiger charge is 2.27. The topological polar surface area (TPSA) is 49.3 Å². The van der Waals surface area contributed by atoms with Crippen LogP contribution in [0, 0.1) is 17.8 Å². The SMILES string of the molecule is CC1CCCC1NCC1CCC(C(=O)O)CC1. The summed E-state index contributed by atoms with van der Waals surface area (Å²) in [7, 11) is 0. The molecule has 0 aromatic carbocycles. The predicted molar refractivity (Wildman–Crippen MR) is 67.9 cm³/mol. The van der Waals surface area contributed by atoms with Crippen LogP contribution in [0.15, 0.2) is 0 Å². The highest BCUT2D eigenvalue weighted by molar-refractivity contribution is 5.69. The molecule has 2 unspecified atom stereocenters. The fourth-order valence-electron chi connectivity index (χ4n) is 3.38. The first kappa shape index (κ1) is 12.9. The second-order valence-corrected chi connectivity index (χ2v) is 5.98. The summed E-state index contributed by atoms with van der Waals surface area (Å²) in [4.78, 5) is 10.9. The van der Waals surface area contributed by atoms with E-state index in [9.17, 15) is 4.79 Å². The van der Waals surface area contributed by atoms with Crippen LogP contribution in [-0.4, -0.2) is 23.7 Å². The average molecular weight is 239 g/mol. The summed E-state index contributed by atoms with van der Waals surface area (Å²) in [5, 5.41) is 12.6. The molecule has 0 aromatic rings. The molecule has 0 saturated heterocycles. The molecule has 0 bridgehead atoms. The fraction of sp³-hybridized carbons (Fsp3) is 0.929. The van der Waals surface area contributed by atoms with Gasteiger partial charge in [-0.3, -0.25) is 4.79 Å². The van der Waals surface area contributed by atoms with E-state index < -0.39 is 5.97 Å². The van der Waals surface area contributed by atoms with Crippen LogP contribution in [0.25, 0.3) is 0 Å². The van der Waals surface area contributed by atoms with E-state index in [-0.39, 0.29) is 5.92 Å². The summed E-state index contributed by atoms with van der Waals surface area (Å²) in [5.74, 6) is 0.862. The Morgan fingerprint density at radius 1 is 1.18 bits per heavy atom. The van der Waals surface area contributed by atoms with Gasteiger partial charge in [-0.2, -0.15) is 0 Å². The van der Waals surface area contributed by atoms with Crippen LogP contribution in [-0.2, 0) is 4.79 Å². The van der Waals surface area contributed by atoms with E-state index in [1.54, 1.807) is 0 Å². The molecule has 98 valence electrons. The monoisotopic (exact) mass is 239 g/mol. The van der Waals surface area contributed by atoms with Crippen molar-refractivity contribution < 1.29 is 9.90 Å². The number of nitrogens with one attached hydrogen (secondary N) is 1. The Bertz CT molecular complexity index is 259. The quantitative estimate of drug-likeness (QED) is 0.793. The Balaban J connectivity index is 1.66. The van der Waals surface area contributed by atoms with Crippen LogP contribution < -0.4 is 5.32 Å². The molecule has 2 N–H and O–H groups in total. The third kappa shape index (κ3) is 3.44. The van der Waals surface area contributed by atoms with Crippen molar-refractivity contribution in [2.24, 2.45) is 17.8 Å². The van der Waals surface area contributed by atoms with Crippen molar-refractivity contribution in [3.63, 3.8) is 0 Å². The third-order valence-corrected chi connectivity index (χ3v) is 4.73. The maximum absolute atomic E-state index is 10.9. The van der Waals surface area contributed by atoms with Crippen molar-refractivity contribution >= 4 is 5.97 Å². The molecular formula is C14H25NO2. The van der Waals surface area contributed by atoms with Gasteiger partial charge in [0, 0.05) is 6.04 Å². The minimum atomic E-state index is -0.596. The normalized spacial score (nSPS) is 38.2. The van der Waals surface area contributed by atoms with Gasteiger partial charge < -0.3 is 10.4 Å². The molecule has 0 aromatic heterocycles. The Labute approximate surface area is 104 Å². The summed E-state index contributed by atoms with van der Waals surface area (Å²) >= 11 is 0. The van der Waals surface area contributed by atoms with Gasteiger partial charge in [0.15, 0.2) is 0 Å². The molecule has 2 aliphatic rings. The lowest BCUT2D eigenvalue weighted by Gasteiger charge is -2.28. The van der Waals surface area contributed by atoms with Gasteiger partial charge in [-0.25, -0.2) is 0 Å². The van der Waals surface area contributed by atoms with E-state index in [1.807, 2.05) is 0 Å². The molecule has 17 heavy (non-hydrogen) atoms. The van der Waals surface area contributed by atoms with E-state index in [1.165, 1.54) is 19.3 Å². The van der Waals surface area contributed by atoms with Crippen LogP contribution >= 0.6 is 0 Å². The fourth-order valence-corrected chi connectivity index (χ4v) is 3.38. The van der Waals surface area contributed by atoms with E-state index in [2.05, 4.69) is 12.2 Å². The van der Waals surface area contributed by atoms with E-state index in [0.29, 0.717) is 12.0 Å². The van der Waals surface area contributed by atoms with Crippen LogP contribution in [0.3, 0.4) is 0 Å². The highest BCUT2D eigenvalue weighted by Crippen LogP contribution is 2.30. The first-order valence-electron chi connectivity index (χ1n) is 7.13. The summed E-state index contributed by atoms with van der Waals surface area (Å²) in [5.41, 5.74) is 0. The number of carboxylic acid groups (broad SMARTS) is 1. The summed E-state index contributed by atoms with van der Waals surface area (Å²) in [6, 6.07) is 0.715. The first-order chi connectivity index (χ1) is 8.16. The Kier molecular flexibility index (Phi) is 4.43. The largest absolute Gasteiger partial charge is 0.481 e. The Hall–Kier alpha value is -0.570. The van der Waals surface area contributed by atoms with Crippen molar-refractivity contribution in [1.82, 2.24) is 5.32 Å². The molecule has 0 radical (unpaired) electrons. The molecule has 0 amide bonds. The molecule has 0 aliphatic heterocycles. The second kappa shape index (κ2) is 5.85. The lowest BCUT2D eigenvalue weighted by Crippen LogP contribution is -2.36. The zero-order valence-corrected chi connectivity index (χ0v) is 10.8. The number of hydrogen-bond donors (Lipinski definition) is 2. The van der Waals surface area contributed by atoms with Gasteiger partial charge in [-0.05, 0) is 56.9 Å². The summed E-state index contributed by atoms with van der Waals surface area (Å²) in [6.07, 6.45) is 7.99. The van der Waals surface area contributed by atoms with Gasteiger partial charge in [-0.15, -0.1) is 0 Å². The zero-order chi connectivity index (χ0) is 12.3. The number of rotatable bonds is 4. The van der Waals surface area contributed by atoms with E-state index in [4.69, 9.17) is 5.11 Å². The first-order valence-corrected chi connectivity index (χ1v) is 7.13. The summed E-state index contributed by atoms with van der Waals surface area (Å²) in [6.45, 7) is 3.44. The van der Waals surface area contributed by atoms with Gasteiger partial charge in [0.1, 0.15) is 0 Å². The molecule has 2 atom stereocenters. The molecule has 0 heterocycles. The van der Waals surface area contributed by atoms with Crippen molar-refractivity contribution in [1.29, 1.82) is 0 Å². The maximum Gasteiger partial charge on any atom is 0.306 e. The molecule has 0 spiro atoms. The second-order valence-electron chi connectivity index (χ2n) is 5.98. The molecule has 2 fully saturated rings. The van der Waals surface area contributed by atoms with Gasteiger partial charge in [-0.1, -0.05) is 13.3 Å². The Morgan fingerprint density at radius 2 is 1.88 bits per heavy atom. The highest BCUT2D eigenvalue weighted by atomic mass is 16.4. The lowest BCUT2D eigenvalue weighted by atomic mass is 9.82. The molecule has 3 heteroatoms. The van der Waals surface area contributed by atoms with Crippen molar-refractivity contribution in [3.05, 3.63) is 0 Å². The van der Waals surface area contributed by atoms with E-state index >= 15 is 0 Å². The zero-order valence-electron chi connectivity index (χ0n) is 10.8. The van der Waals surface area contributed by atoms with Crippen LogP contribution in [0.4, 0.5) is 0 Å². The molecule has 2 saturated carbocycles. The van der Waals surface area contributed by atoms with Crippen LogP contribution in [0.5, 0.6) is 0 Å². The standard InChI is InChI=1S/C14H25NO2/c1-10-3-2-4-13(10)15-9-11-5-7-12(8-6-11)14(16)17/h10-13,15H,2-9H2,1H3,(H,16,17). The number of carboxylic acids is 1.